The molecule has 3 N–H and O–H groups in total. The number of hydrogen-bond donors (Lipinski definition) is 3. The lowest BCUT2D eigenvalue weighted by Gasteiger charge is -2.22. The summed E-state index contributed by atoms with van der Waals surface area (Å²) < 4.78 is 0. The molecular weight excluding hydrogens is 454 g/mol. The van der Waals surface area contributed by atoms with Crippen molar-refractivity contribution in [1.29, 1.82) is 0 Å². The van der Waals surface area contributed by atoms with Crippen LogP contribution in [-0.2, 0) is 20.8 Å². The number of benzene rings is 3. The molecule has 7 heteroatoms. The number of aldehydes is 1. The van der Waals surface area contributed by atoms with Crippen LogP contribution in [0.4, 0.5) is 0 Å². The van der Waals surface area contributed by atoms with E-state index in [0.717, 1.165) is 29.2 Å². The van der Waals surface area contributed by atoms with Crippen molar-refractivity contribution >= 4 is 34.8 Å². The van der Waals surface area contributed by atoms with Crippen molar-refractivity contribution in [2.75, 3.05) is 0 Å². The predicted molar refractivity (Wildman–Crippen MR) is 140 cm³/mol. The second-order valence-corrected chi connectivity index (χ2v) is 8.90. The quantitative estimate of drug-likeness (QED) is 0.340. The van der Waals surface area contributed by atoms with Gasteiger partial charge in [0.1, 0.15) is 18.4 Å². The molecule has 188 valence electrons. The van der Waals surface area contributed by atoms with E-state index in [1.807, 2.05) is 55.5 Å². The third-order valence-corrected chi connectivity index (χ3v) is 6.02. The van der Waals surface area contributed by atoms with E-state index in [-0.39, 0.29) is 12.3 Å². The minimum Gasteiger partial charge on any atom is -0.345 e. The summed E-state index contributed by atoms with van der Waals surface area (Å²) in [6, 6.07) is 20.1. The molecule has 36 heavy (non-hydrogen) atoms. The lowest BCUT2D eigenvalue weighted by molar-refractivity contribution is -0.130. The molecule has 0 aromatic heterocycles. The fraction of sp³-hybridized carbons (Fsp3) is 0.310. The second kappa shape index (κ2) is 13.2. The van der Waals surface area contributed by atoms with Gasteiger partial charge in [0, 0.05) is 12.0 Å². The maximum Gasteiger partial charge on any atom is 0.251 e. The summed E-state index contributed by atoms with van der Waals surface area (Å²) in [6.45, 7) is 3.56. The molecule has 0 unspecified atom stereocenters. The van der Waals surface area contributed by atoms with Crippen molar-refractivity contribution in [3.8, 4) is 0 Å². The molecule has 7 nitrogen and oxygen atoms in total. The molecule has 0 saturated heterocycles. The van der Waals surface area contributed by atoms with E-state index in [1.165, 1.54) is 0 Å². The molecule has 0 saturated carbocycles. The van der Waals surface area contributed by atoms with Crippen molar-refractivity contribution in [3.63, 3.8) is 0 Å². The zero-order valence-electron chi connectivity index (χ0n) is 20.7. The number of hydrogen-bond acceptors (Lipinski definition) is 4. The van der Waals surface area contributed by atoms with E-state index in [0.29, 0.717) is 18.3 Å². The Morgan fingerprint density at radius 1 is 0.833 bits per heavy atom. The van der Waals surface area contributed by atoms with Crippen molar-refractivity contribution in [2.24, 2.45) is 0 Å². The summed E-state index contributed by atoms with van der Waals surface area (Å²) >= 11 is 0. The Hall–Kier alpha value is -4.00. The SMILES string of the molecule is CCCC[C@@H](C=O)NC(=O)[C@H](C)NC(=O)[C@H](Cc1ccc2ccccc2c1)NC(=O)c1ccccc1. The monoisotopic (exact) mass is 487 g/mol. The fourth-order valence-corrected chi connectivity index (χ4v) is 3.93. The van der Waals surface area contributed by atoms with E-state index in [2.05, 4.69) is 16.0 Å². The van der Waals surface area contributed by atoms with Crippen molar-refractivity contribution in [1.82, 2.24) is 16.0 Å². The third-order valence-electron chi connectivity index (χ3n) is 6.02. The van der Waals surface area contributed by atoms with Crippen LogP contribution in [0.5, 0.6) is 0 Å². The zero-order chi connectivity index (χ0) is 25.9. The molecule has 3 aromatic carbocycles. The summed E-state index contributed by atoms with van der Waals surface area (Å²) in [5.74, 6) is -1.31. The summed E-state index contributed by atoms with van der Waals surface area (Å²) in [5.41, 5.74) is 1.31. The molecule has 3 rings (SSSR count). The van der Waals surface area contributed by atoms with Gasteiger partial charge in [-0.25, -0.2) is 0 Å². The van der Waals surface area contributed by atoms with Crippen molar-refractivity contribution < 1.29 is 19.2 Å². The maximum absolute atomic E-state index is 13.2. The van der Waals surface area contributed by atoms with Gasteiger partial charge in [-0.2, -0.15) is 0 Å². The average Bonchev–Trinajstić information content (AvgIpc) is 2.90. The number of nitrogens with one attached hydrogen (secondary N) is 3. The lowest BCUT2D eigenvalue weighted by Crippen LogP contribution is -2.54. The number of rotatable bonds is 12. The molecule has 3 atom stereocenters. The van der Waals surface area contributed by atoms with Crippen molar-refractivity contribution in [3.05, 3.63) is 83.9 Å². The van der Waals surface area contributed by atoms with Gasteiger partial charge in [-0.05, 0) is 41.8 Å². The topological polar surface area (TPSA) is 104 Å². The van der Waals surface area contributed by atoms with Gasteiger partial charge in [0.25, 0.3) is 5.91 Å². The van der Waals surface area contributed by atoms with Gasteiger partial charge in [-0.15, -0.1) is 0 Å². The molecular formula is C29H33N3O4. The van der Waals surface area contributed by atoms with Crippen LogP contribution in [-0.4, -0.2) is 42.1 Å². The van der Waals surface area contributed by atoms with Crippen LogP contribution in [0, 0.1) is 0 Å². The summed E-state index contributed by atoms with van der Waals surface area (Å²) in [5, 5.41) is 10.3. The summed E-state index contributed by atoms with van der Waals surface area (Å²) in [6.07, 6.45) is 3.22. The number of unbranched alkanes of at least 4 members (excludes halogenated alkanes) is 1. The van der Waals surface area contributed by atoms with Crippen LogP contribution in [0.15, 0.2) is 72.8 Å². The molecule has 3 aromatic rings. The lowest BCUT2D eigenvalue weighted by atomic mass is 10.0. The Kier molecular flexibility index (Phi) is 9.74. The molecule has 0 bridgehead atoms. The van der Waals surface area contributed by atoms with Crippen LogP contribution >= 0.6 is 0 Å². The van der Waals surface area contributed by atoms with Gasteiger partial charge in [0.2, 0.25) is 11.8 Å². The molecule has 0 aliphatic rings. The molecule has 0 spiro atoms. The van der Waals surface area contributed by atoms with Gasteiger partial charge in [-0.1, -0.05) is 80.4 Å². The second-order valence-electron chi connectivity index (χ2n) is 8.90. The highest BCUT2D eigenvalue weighted by Crippen LogP contribution is 2.17. The Morgan fingerprint density at radius 2 is 1.53 bits per heavy atom. The number of carbonyl (C=O) groups is 4. The van der Waals surface area contributed by atoms with Crippen LogP contribution in [0.3, 0.4) is 0 Å². The highest BCUT2D eigenvalue weighted by molar-refractivity contribution is 5.98. The first-order chi connectivity index (χ1) is 17.4. The Labute approximate surface area is 211 Å². The van der Waals surface area contributed by atoms with Gasteiger partial charge in [0.05, 0.1) is 6.04 Å². The summed E-state index contributed by atoms with van der Waals surface area (Å²) in [4.78, 5) is 50.0. The summed E-state index contributed by atoms with van der Waals surface area (Å²) in [7, 11) is 0. The van der Waals surface area contributed by atoms with Crippen LogP contribution in [0.1, 0.15) is 49.0 Å². The average molecular weight is 488 g/mol. The largest absolute Gasteiger partial charge is 0.345 e. The van der Waals surface area contributed by atoms with Gasteiger partial charge < -0.3 is 20.7 Å². The Morgan fingerprint density at radius 3 is 2.22 bits per heavy atom. The standard InChI is InChI=1S/C29H33N3O4/c1-3-4-14-25(19-33)31-27(34)20(2)30-29(36)26(32-28(35)23-11-6-5-7-12-23)18-21-15-16-22-10-8-9-13-24(22)17-21/h5-13,15-17,19-20,25-26H,3-4,14,18H2,1-2H3,(H,30,36)(H,31,34)(H,32,35)/t20-,25-,26-/m0/s1. The van der Waals surface area contributed by atoms with Crippen molar-refractivity contribution in [2.45, 2.75) is 57.7 Å². The van der Waals surface area contributed by atoms with Gasteiger partial charge in [0.15, 0.2) is 0 Å². The highest BCUT2D eigenvalue weighted by atomic mass is 16.2. The van der Waals surface area contributed by atoms with E-state index < -0.39 is 29.9 Å². The maximum atomic E-state index is 13.2. The van der Waals surface area contributed by atoms with E-state index >= 15 is 0 Å². The first kappa shape index (κ1) is 26.6. The Balaban J connectivity index is 1.74. The minimum atomic E-state index is -0.906. The number of amides is 3. The highest BCUT2D eigenvalue weighted by Gasteiger charge is 2.26. The molecule has 0 radical (unpaired) electrons. The van der Waals surface area contributed by atoms with E-state index in [9.17, 15) is 19.2 Å². The van der Waals surface area contributed by atoms with Crippen LogP contribution in [0.25, 0.3) is 10.8 Å². The number of fused-ring (bicyclic) bond motifs is 1. The van der Waals surface area contributed by atoms with E-state index in [1.54, 1.807) is 31.2 Å². The third kappa shape index (κ3) is 7.50. The molecule has 0 heterocycles. The minimum absolute atomic E-state index is 0.247. The number of carbonyl (C=O) groups excluding carboxylic acids is 4. The molecule has 0 fully saturated rings. The smallest absolute Gasteiger partial charge is 0.251 e. The van der Waals surface area contributed by atoms with E-state index in [4.69, 9.17) is 0 Å². The van der Waals surface area contributed by atoms with Gasteiger partial charge >= 0.3 is 0 Å². The van der Waals surface area contributed by atoms with Crippen LogP contribution < -0.4 is 16.0 Å². The van der Waals surface area contributed by atoms with Gasteiger partial charge in [-0.3, -0.25) is 14.4 Å². The first-order valence-electron chi connectivity index (χ1n) is 12.3. The molecule has 0 aliphatic heterocycles. The molecule has 0 aliphatic carbocycles. The normalized spacial score (nSPS) is 13.3. The fourth-order valence-electron chi connectivity index (χ4n) is 3.93. The zero-order valence-corrected chi connectivity index (χ0v) is 20.7. The molecule has 3 amide bonds. The van der Waals surface area contributed by atoms with Crippen LogP contribution in [0.2, 0.25) is 0 Å². The first-order valence-corrected chi connectivity index (χ1v) is 12.3. The Bertz CT molecular complexity index is 1200. The predicted octanol–water partition coefficient (Wildman–Crippen LogP) is 3.56.